The van der Waals surface area contributed by atoms with Crippen molar-refractivity contribution in [1.82, 2.24) is 0 Å². The SMILES string of the molecule is C/C=C(\N=C(C)N=C(C)c1ccccc1)c1ccccc1. The number of hydrogen-bond acceptors (Lipinski definition) is 1. The van der Waals surface area contributed by atoms with Crippen molar-refractivity contribution in [2.45, 2.75) is 20.8 Å². The molecule has 0 N–H and O–H groups in total. The van der Waals surface area contributed by atoms with Crippen molar-refractivity contribution in [1.29, 1.82) is 0 Å². The third kappa shape index (κ3) is 4.25. The van der Waals surface area contributed by atoms with E-state index in [2.05, 4.69) is 34.3 Å². The number of hydrogen-bond donors (Lipinski definition) is 0. The lowest BCUT2D eigenvalue weighted by atomic mass is 10.1. The van der Waals surface area contributed by atoms with Crippen LogP contribution >= 0.6 is 0 Å². The highest BCUT2D eigenvalue weighted by Crippen LogP contribution is 2.15. The largest absolute Gasteiger partial charge is 0.238 e. The summed E-state index contributed by atoms with van der Waals surface area (Å²) >= 11 is 0. The fourth-order valence-electron chi connectivity index (χ4n) is 2.09. The van der Waals surface area contributed by atoms with Crippen molar-refractivity contribution in [3.8, 4) is 0 Å². The van der Waals surface area contributed by atoms with Crippen LogP contribution in [-0.2, 0) is 0 Å². The molecule has 0 unspecified atom stereocenters. The van der Waals surface area contributed by atoms with Crippen LogP contribution in [0.2, 0.25) is 0 Å². The predicted octanol–water partition coefficient (Wildman–Crippen LogP) is 4.98. The van der Waals surface area contributed by atoms with Crippen molar-refractivity contribution < 1.29 is 0 Å². The lowest BCUT2D eigenvalue weighted by Gasteiger charge is -2.04. The molecular formula is C19H20N2. The third-order valence-electron chi connectivity index (χ3n) is 3.15. The van der Waals surface area contributed by atoms with Crippen molar-refractivity contribution in [3.63, 3.8) is 0 Å². The fraction of sp³-hybridized carbons (Fsp3) is 0.158. The number of benzene rings is 2. The maximum atomic E-state index is 4.62. The number of nitrogens with zero attached hydrogens (tertiary/aromatic N) is 2. The highest BCUT2D eigenvalue weighted by molar-refractivity contribution is 6.06. The van der Waals surface area contributed by atoms with Gasteiger partial charge in [-0.3, -0.25) is 0 Å². The molecule has 2 rings (SSSR count). The van der Waals surface area contributed by atoms with Gasteiger partial charge in [-0.25, -0.2) is 9.98 Å². The molecule has 0 heterocycles. The first-order chi connectivity index (χ1) is 10.2. The van der Waals surface area contributed by atoms with Crippen LogP contribution < -0.4 is 0 Å². The minimum Gasteiger partial charge on any atom is -0.238 e. The Morgan fingerprint density at radius 3 is 1.81 bits per heavy atom. The van der Waals surface area contributed by atoms with Crippen LogP contribution in [0.15, 0.2) is 76.7 Å². The zero-order chi connectivity index (χ0) is 15.1. The van der Waals surface area contributed by atoms with E-state index in [0.29, 0.717) is 0 Å². The van der Waals surface area contributed by atoms with Gasteiger partial charge in [-0.05, 0) is 31.9 Å². The lowest BCUT2D eigenvalue weighted by molar-refractivity contribution is 1.42. The van der Waals surface area contributed by atoms with Crippen molar-refractivity contribution in [3.05, 3.63) is 77.9 Å². The summed E-state index contributed by atoms with van der Waals surface area (Å²) in [5.41, 5.74) is 4.14. The Balaban J connectivity index is 2.25. The van der Waals surface area contributed by atoms with Gasteiger partial charge in [-0.1, -0.05) is 66.7 Å². The van der Waals surface area contributed by atoms with E-state index in [4.69, 9.17) is 0 Å². The molecule has 0 fully saturated rings. The molecule has 0 atom stereocenters. The van der Waals surface area contributed by atoms with Gasteiger partial charge in [-0.2, -0.15) is 0 Å². The standard InChI is InChI=1S/C19H20N2/c1-4-19(18-13-9-6-10-14-18)21-16(3)20-15(2)17-11-7-5-8-12-17/h4-14H,1-3H3/b19-4-,20-15?,21-16?. The van der Waals surface area contributed by atoms with Gasteiger partial charge in [0.1, 0.15) is 5.84 Å². The highest BCUT2D eigenvalue weighted by atomic mass is 14.9. The quantitative estimate of drug-likeness (QED) is 0.558. The van der Waals surface area contributed by atoms with Gasteiger partial charge in [0.25, 0.3) is 0 Å². The van der Waals surface area contributed by atoms with Gasteiger partial charge in [0.15, 0.2) is 0 Å². The summed E-state index contributed by atoms with van der Waals surface area (Å²) in [6, 6.07) is 20.3. The molecule has 0 amide bonds. The number of rotatable bonds is 3. The molecule has 0 aromatic heterocycles. The van der Waals surface area contributed by atoms with Crippen LogP contribution in [0.5, 0.6) is 0 Å². The summed E-state index contributed by atoms with van der Waals surface area (Å²) in [6.45, 7) is 5.93. The second-order valence-corrected chi connectivity index (χ2v) is 4.76. The smallest absolute Gasteiger partial charge is 0.126 e. The molecule has 0 spiro atoms. The average Bonchev–Trinajstić information content (AvgIpc) is 2.54. The van der Waals surface area contributed by atoms with E-state index in [9.17, 15) is 0 Å². The Morgan fingerprint density at radius 2 is 1.29 bits per heavy atom. The van der Waals surface area contributed by atoms with Crippen molar-refractivity contribution in [2.24, 2.45) is 9.98 Å². The molecule has 2 nitrogen and oxygen atoms in total. The van der Waals surface area contributed by atoms with E-state index in [0.717, 1.165) is 28.4 Å². The molecule has 0 saturated heterocycles. The molecule has 0 radical (unpaired) electrons. The molecule has 0 bridgehead atoms. The second kappa shape index (κ2) is 7.34. The Labute approximate surface area is 126 Å². The number of allylic oxidation sites excluding steroid dienone is 1. The van der Waals surface area contributed by atoms with Crippen LogP contribution in [0.4, 0.5) is 0 Å². The van der Waals surface area contributed by atoms with Crippen molar-refractivity contribution >= 4 is 17.2 Å². The summed E-state index contributed by atoms with van der Waals surface area (Å²) in [4.78, 5) is 9.21. The van der Waals surface area contributed by atoms with Crippen LogP contribution in [0, 0.1) is 0 Å². The lowest BCUT2D eigenvalue weighted by Crippen LogP contribution is -1.99. The van der Waals surface area contributed by atoms with E-state index < -0.39 is 0 Å². The van der Waals surface area contributed by atoms with E-state index >= 15 is 0 Å². The topological polar surface area (TPSA) is 24.7 Å². The Morgan fingerprint density at radius 1 is 0.762 bits per heavy atom. The van der Waals surface area contributed by atoms with Crippen LogP contribution in [0.3, 0.4) is 0 Å². The first kappa shape index (κ1) is 14.9. The molecule has 0 aliphatic heterocycles. The monoisotopic (exact) mass is 276 g/mol. The van der Waals surface area contributed by atoms with Gasteiger partial charge in [0.05, 0.1) is 5.70 Å². The Bertz CT molecular complexity index is 665. The maximum Gasteiger partial charge on any atom is 0.126 e. The molecular weight excluding hydrogens is 256 g/mol. The van der Waals surface area contributed by atoms with Crippen LogP contribution in [-0.4, -0.2) is 11.5 Å². The first-order valence-corrected chi connectivity index (χ1v) is 7.08. The minimum atomic E-state index is 0.758. The third-order valence-corrected chi connectivity index (χ3v) is 3.15. The van der Waals surface area contributed by atoms with E-state index in [1.165, 1.54) is 0 Å². The van der Waals surface area contributed by atoms with Gasteiger partial charge in [-0.15, -0.1) is 0 Å². The van der Waals surface area contributed by atoms with Gasteiger partial charge in [0, 0.05) is 5.71 Å². The summed E-state index contributed by atoms with van der Waals surface area (Å²) in [5.74, 6) is 0.758. The summed E-state index contributed by atoms with van der Waals surface area (Å²) in [7, 11) is 0. The van der Waals surface area contributed by atoms with E-state index in [1.54, 1.807) is 0 Å². The van der Waals surface area contributed by atoms with Crippen LogP contribution in [0.1, 0.15) is 31.9 Å². The van der Waals surface area contributed by atoms with Crippen molar-refractivity contribution in [2.75, 3.05) is 0 Å². The predicted molar refractivity (Wildman–Crippen MR) is 91.9 cm³/mol. The van der Waals surface area contributed by atoms with Crippen LogP contribution in [0.25, 0.3) is 5.70 Å². The fourth-order valence-corrected chi connectivity index (χ4v) is 2.09. The van der Waals surface area contributed by atoms with Gasteiger partial charge in [0.2, 0.25) is 0 Å². The number of amidine groups is 1. The molecule has 2 aromatic rings. The van der Waals surface area contributed by atoms with Gasteiger partial charge < -0.3 is 0 Å². The second-order valence-electron chi connectivity index (χ2n) is 4.76. The molecule has 2 heteroatoms. The normalized spacial score (nSPS) is 13.4. The molecule has 0 aliphatic rings. The van der Waals surface area contributed by atoms with Gasteiger partial charge >= 0.3 is 0 Å². The Hall–Kier alpha value is -2.48. The molecule has 21 heavy (non-hydrogen) atoms. The molecule has 2 aromatic carbocycles. The molecule has 0 aliphatic carbocycles. The molecule has 106 valence electrons. The number of aliphatic imine (C=N–C) groups is 2. The Kier molecular flexibility index (Phi) is 5.22. The zero-order valence-corrected chi connectivity index (χ0v) is 12.7. The van der Waals surface area contributed by atoms with E-state index in [1.807, 2.05) is 63.2 Å². The average molecular weight is 276 g/mol. The van der Waals surface area contributed by atoms with E-state index in [-0.39, 0.29) is 0 Å². The summed E-state index contributed by atoms with van der Waals surface area (Å²) in [5, 5.41) is 0. The highest BCUT2D eigenvalue weighted by Gasteiger charge is 2.00. The molecule has 0 saturated carbocycles. The maximum absolute atomic E-state index is 4.62. The summed E-state index contributed by atoms with van der Waals surface area (Å²) < 4.78 is 0. The minimum absolute atomic E-state index is 0.758. The summed E-state index contributed by atoms with van der Waals surface area (Å²) in [6.07, 6.45) is 2.01. The first-order valence-electron chi connectivity index (χ1n) is 7.08. The zero-order valence-electron chi connectivity index (χ0n) is 12.7.